The Labute approximate surface area is 162 Å². The number of Topliss-reactive ketones (excluding diaryl/α,β-unsaturated/α-hetero) is 1. The van der Waals surface area contributed by atoms with Gasteiger partial charge in [0.1, 0.15) is 11.5 Å². The van der Waals surface area contributed by atoms with Gasteiger partial charge in [-0.15, -0.1) is 0 Å². The first-order chi connectivity index (χ1) is 12.3. The van der Waals surface area contributed by atoms with E-state index in [1.165, 1.54) is 6.92 Å². The molecule has 0 saturated carbocycles. The Bertz CT molecular complexity index is 673. The van der Waals surface area contributed by atoms with Crippen molar-refractivity contribution in [3.63, 3.8) is 0 Å². The van der Waals surface area contributed by atoms with E-state index in [9.17, 15) is 14.4 Å². The molecule has 1 N–H and O–H groups in total. The minimum absolute atomic E-state index is 0.00338. The number of amides is 2. The van der Waals surface area contributed by atoms with Gasteiger partial charge in [-0.05, 0) is 38.0 Å². The lowest BCUT2D eigenvalue weighted by Gasteiger charge is -2.32. The van der Waals surface area contributed by atoms with E-state index in [1.807, 2.05) is 0 Å². The van der Waals surface area contributed by atoms with E-state index in [2.05, 4.69) is 5.32 Å². The summed E-state index contributed by atoms with van der Waals surface area (Å²) in [5.74, 6) is 0.168. The molecule has 1 aliphatic rings. The van der Waals surface area contributed by atoms with Crippen LogP contribution in [0.15, 0.2) is 18.2 Å². The molecule has 0 aliphatic carbocycles. The topological polar surface area (TPSA) is 75.7 Å². The van der Waals surface area contributed by atoms with Crippen molar-refractivity contribution >= 4 is 40.8 Å². The summed E-state index contributed by atoms with van der Waals surface area (Å²) in [6.07, 6.45) is 1.89. The fraction of sp³-hybridized carbons (Fsp3) is 0.500. The predicted molar refractivity (Wildman–Crippen MR) is 99.6 cm³/mol. The second-order valence-electron chi connectivity index (χ2n) is 6.29. The molecule has 1 aliphatic heterocycles. The number of rotatable bonds is 7. The summed E-state index contributed by atoms with van der Waals surface area (Å²) >= 11 is 11.8. The van der Waals surface area contributed by atoms with Gasteiger partial charge in [0.25, 0.3) is 5.91 Å². The molecular formula is C18H22Cl2N2O4. The molecule has 2 rings (SSSR count). The highest BCUT2D eigenvalue weighted by Crippen LogP contribution is 2.27. The summed E-state index contributed by atoms with van der Waals surface area (Å²) in [6, 6.07) is 4.81. The number of nitrogens with one attached hydrogen (secondary N) is 1. The van der Waals surface area contributed by atoms with E-state index in [-0.39, 0.29) is 43.1 Å². The smallest absolute Gasteiger partial charge is 0.258 e. The standard InChI is InChI=1S/C18H22Cl2N2O4/c1-12(23)2-5-18(25)22-8-6-14(7-9-22)21-17(24)11-26-16-4-3-13(19)10-15(16)20/h3-4,10,14H,2,5-9,11H2,1H3,(H,21,24). The van der Waals surface area contributed by atoms with Crippen LogP contribution in [0.25, 0.3) is 0 Å². The Kier molecular flexibility index (Phi) is 7.72. The van der Waals surface area contributed by atoms with Crippen molar-refractivity contribution < 1.29 is 19.1 Å². The highest BCUT2D eigenvalue weighted by atomic mass is 35.5. The van der Waals surface area contributed by atoms with Crippen molar-refractivity contribution in [2.75, 3.05) is 19.7 Å². The number of hydrogen-bond donors (Lipinski definition) is 1. The predicted octanol–water partition coefficient (Wildman–Crippen LogP) is 2.85. The van der Waals surface area contributed by atoms with Crippen molar-refractivity contribution in [2.45, 2.75) is 38.6 Å². The average Bonchev–Trinajstić information content (AvgIpc) is 2.59. The number of ketones is 1. The van der Waals surface area contributed by atoms with E-state index in [0.29, 0.717) is 41.7 Å². The van der Waals surface area contributed by atoms with E-state index < -0.39 is 0 Å². The van der Waals surface area contributed by atoms with Crippen molar-refractivity contribution in [3.8, 4) is 5.75 Å². The molecule has 0 unspecified atom stereocenters. The van der Waals surface area contributed by atoms with Gasteiger partial charge in [0.15, 0.2) is 6.61 Å². The van der Waals surface area contributed by atoms with Crippen LogP contribution in [0.5, 0.6) is 5.75 Å². The summed E-state index contributed by atoms with van der Waals surface area (Å²) in [4.78, 5) is 36.7. The first kappa shape index (κ1) is 20.5. The molecule has 142 valence electrons. The molecule has 0 spiro atoms. The van der Waals surface area contributed by atoms with Gasteiger partial charge < -0.3 is 19.7 Å². The minimum atomic E-state index is -0.239. The van der Waals surface area contributed by atoms with Gasteiger partial charge in [0, 0.05) is 37.0 Å². The molecular weight excluding hydrogens is 379 g/mol. The zero-order valence-electron chi connectivity index (χ0n) is 14.6. The largest absolute Gasteiger partial charge is 0.482 e. The van der Waals surface area contributed by atoms with Crippen molar-refractivity contribution in [3.05, 3.63) is 28.2 Å². The summed E-state index contributed by atoms with van der Waals surface area (Å²) in [7, 11) is 0. The van der Waals surface area contributed by atoms with Crippen LogP contribution in [-0.4, -0.2) is 48.2 Å². The number of likely N-dealkylation sites (tertiary alicyclic amines) is 1. The number of carbonyl (C=O) groups is 3. The summed E-state index contributed by atoms with van der Waals surface area (Å²) in [5, 5.41) is 3.75. The molecule has 0 radical (unpaired) electrons. The lowest BCUT2D eigenvalue weighted by molar-refractivity contribution is -0.134. The molecule has 1 heterocycles. The fourth-order valence-electron chi connectivity index (χ4n) is 2.72. The first-order valence-electron chi connectivity index (χ1n) is 8.49. The zero-order valence-corrected chi connectivity index (χ0v) is 16.1. The molecule has 6 nitrogen and oxygen atoms in total. The molecule has 0 bridgehead atoms. The Hall–Kier alpha value is -1.79. The maximum atomic E-state index is 12.0. The molecule has 8 heteroatoms. The second kappa shape index (κ2) is 9.78. The van der Waals surface area contributed by atoms with Gasteiger partial charge in [-0.3, -0.25) is 9.59 Å². The molecule has 1 aromatic rings. The molecule has 1 aromatic carbocycles. The van der Waals surface area contributed by atoms with Gasteiger partial charge >= 0.3 is 0 Å². The number of hydrogen-bond acceptors (Lipinski definition) is 4. The number of carbonyl (C=O) groups excluding carboxylic acids is 3. The summed E-state index contributed by atoms with van der Waals surface area (Å²) in [6.45, 7) is 2.49. The fourth-order valence-corrected chi connectivity index (χ4v) is 3.18. The SMILES string of the molecule is CC(=O)CCC(=O)N1CCC(NC(=O)COc2ccc(Cl)cc2Cl)CC1. The third-order valence-electron chi connectivity index (χ3n) is 4.16. The highest BCUT2D eigenvalue weighted by molar-refractivity contribution is 6.35. The normalized spacial score (nSPS) is 14.8. The lowest BCUT2D eigenvalue weighted by atomic mass is 10.0. The van der Waals surface area contributed by atoms with E-state index in [0.717, 1.165) is 0 Å². The number of benzene rings is 1. The van der Waals surface area contributed by atoms with Crippen LogP contribution in [0.1, 0.15) is 32.6 Å². The third-order valence-corrected chi connectivity index (χ3v) is 4.69. The Balaban J connectivity index is 1.70. The maximum Gasteiger partial charge on any atom is 0.258 e. The first-order valence-corrected chi connectivity index (χ1v) is 9.25. The molecule has 26 heavy (non-hydrogen) atoms. The minimum Gasteiger partial charge on any atom is -0.482 e. The third kappa shape index (κ3) is 6.50. The Morgan fingerprint density at radius 1 is 1.19 bits per heavy atom. The van der Waals surface area contributed by atoms with Crippen LogP contribution in [0, 0.1) is 0 Å². The number of ether oxygens (including phenoxy) is 1. The molecule has 1 fully saturated rings. The second-order valence-corrected chi connectivity index (χ2v) is 7.13. The summed E-state index contributed by atoms with van der Waals surface area (Å²) < 4.78 is 5.41. The Morgan fingerprint density at radius 2 is 1.88 bits per heavy atom. The lowest BCUT2D eigenvalue weighted by Crippen LogP contribution is -2.47. The average molecular weight is 401 g/mol. The number of halogens is 2. The van der Waals surface area contributed by atoms with Crippen molar-refractivity contribution in [1.82, 2.24) is 10.2 Å². The highest BCUT2D eigenvalue weighted by Gasteiger charge is 2.24. The number of nitrogens with zero attached hydrogens (tertiary/aromatic N) is 1. The quantitative estimate of drug-likeness (QED) is 0.763. The van der Waals surface area contributed by atoms with E-state index in [4.69, 9.17) is 27.9 Å². The van der Waals surface area contributed by atoms with Gasteiger partial charge in [-0.1, -0.05) is 23.2 Å². The van der Waals surface area contributed by atoms with Crippen molar-refractivity contribution in [1.29, 1.82) is 0 Å². The zero-order chi connectivity index (χ0) is 19.1. The van der Waals surface area contributed by atoms with Crippen LogP contribution >= 0.6 is 23.2 Å². The van der Waals surface area contributed by atoms with Crippen molar-refractivity contribution in [2.24, 2.45) is 0 Å². The van der Waals surface area contributed by atoms with Crippen LogP contribution in [0.2, 0.25) is 10.0 Å². The summed E-state index contributed by atoms with van der Waals surface area (Å²) in [5.41, 5.74) is 0. The molecule has 1 saturated heterocycles. The van der Waals surface area contributed by atoms with Crippen LogP contribution in [0.4, 0.5) is 0 Å². The van der Waals surface area contributed by atoms with Gasteiger partial charge in [-0.25, -0.2) is 0 Å². The Morgan fingerprint density at radius 3 is 2.50 bits per heavy atom. The van der Waals surface area contributed by atoms with Crippen LogP contribution in [-0.2, 0) is 14.4 Å². The van der Waals surface area contributed by atoms with E-state index in [1.54, 1.807) is 23.1 Å². The molecule has 0 atom stereocenters. The van der Waals surface area contributed by atoms with E-state index >= 15 is 0 Å². The van der Waals surface area contributed by atoms with Crippen LogP contribution < -0.4 is 10.1 Å². The molecule has 2 amide bonds. The maximum absolute atomic E-state index is 12.0. The van der Waals surface area contributed by atoms with Crippen LogP contribution in [0.3, 0.4) is 0 Å². The van der Waals surface area contributed by atoms with Gasteiger partial charge in [0.2, 0.25) is 5.91 Å². The molecule has 0 aromatic heterocycles. The van der Waals surface area contributed by atoms with Gasteiger partial charge in [-0.2, -0.15) is 0 Å². The monoisotopic (exact) mass is 400 g/mol. The number of piperidine rings is 1. The van der Waals surface area contributed by atoms with Gasteiger partial charge in [0.05, 0.1) is 5.02 Å².